The summed E-state index contributed by atoms with van der Waals surface area (Å²) in [5, 5.41) is 0.431. The molecule has 0 N–H and O–H groups in total. The van der Waals surface area contributed by atoms with E-state index in [0.29, 0.717) is 5.38 Å². The lowest BCUT2D eigenvalue weighted by atomic mass is 10.0. The maximum atomic E-state index is 6.31. The fraction of sp³-hybridized carbons (Fsp3) is 0.600. The van der Waals surface area contributed by atoms with Crippen molar-refractivity contribution in [3.63, 3.8) is 0 Å². The van der Waals surface area contributed by atoms with Crippen molar-refractivity contribution in [2.75, 3.05) is 12.3 Å². The van der Waals surface area contributed by atoms with Crippen LogP contribution >= 0.6 is 23.4 Å². The van der Waals surface area contributed by atoms with Crippen LogP contribution in [0.3, 0.4) is 0 Å². The van der Waals surface area contributed by atoms with Crippen LogP contribution in [0.1, 0.15) is 25.7 Å². The fourth-order valence-electron chi connectivity index (χ4n) is 3.36. The van der Waals surface area contributed by atoms with Crippen LogP contribution in [0.4, 0.5) is 0 Å². The Balaban J connectivity index is 1.49. The Morgan fingerprint density at radius 1 is 1.11 bits per heavy atom. The first-order valence-corrected chi connectivity index (χ1v) is 8.33. The number of alkyl halides is 1. The predicted molar refractivity (Wildman–Crippen MR) is 79.6 cm³/mol. The molecule has 0 aliphatic carbocycles. The summed E-state index contributed by atoms with van der Waals surface area (Å²) in [7, 11) is 0. The SMILES string of the molecule is ClC1CC2CCC(C1)N2CCSc1ccccc1. The molecule has 1 aromatic carbocycles. The number of halogens is 1. The van der Waals surface area contributed by atoms with Gasteiger partial charge in [0.1, 0.15) is 0 Å². The lowest BCUT2D eigenvalue weighted by Gasteiger charge is -2.36. The molecule has 1 nitrogen and oxygen atoms in total. The van der Waals surface area contributed by atoms with Crippen LogP contribution in [0.15, 0.2) is 35.2 Å². The number of benzene rings is 1. The minimum Gasteiger partial charge on any atom is -0.297 e. The Morgan fingerprint density at radius 2 is 1.78 bits per heavy atom. The van der Waals surface area contributed by atoms with E-state index >= 15 is 0 Å². The summed E-state index contributed by atoms with van der Waals surface area (Å²) in [5.41, 5.74) is 0. The van der Waals surface area contributed by atoms with Crippen molar-refractivity contribution in [3.05, 3.63) is 30.3 Å². The number of hydrogen-bond donors (Lipinski definition) is 0. The molecule has 2 bridgehead atoms. The highest BCUT2D eigenvalue weighted by atomic mass is 35.5. The van der Waals surface area contributed by atoms with Crippen LogP contribution in [-0.2, 0) is 0 Å². The smallest absolute Gasteiger partial charge is 0.0365 e. The first-order valence-electron chi connectivity index (χ1n) is 6.90. The van der Waals surface area contributed by atoms with E-state index in [-0.39, 0.29) is 0 Å². The third-order valence-electron chi connectivity index (χ3n) is 4.19. The van der Waals surface area contributed by atoms with Gasteiger partial charge in [-0.3, -0.25) is 4.90 Å². The zero-order chi connectivity index (χ0) is 12.4. The van der Waals surface area contributed by atoms with Gasteiger partial charge in [0.05, 0.1) is 0 Å². The second-order valence-corrected chi connectivity index (χ2v) is 7.14. The molecule has 98 valence electrons. The second-order valence-electron chi connectivity index (χ2n) is 5.35. The van der Waals surface area contributed by atoms with Gasteiger partial charge in [0.2, 0.25) is 0 Å². The zero-order valence-corrected chi connectivity index (χ0v) is 12.2. The quantitative estimate of drug-likeness (QED) is 0.606. The van der Waals surface area contributed by atoms with E-state index < -0.39 is 0 Å². The zero-order valence-electron chi connectivity index (χ0n) is 10.6. The van der Waals surface area contributed by atoms with E-state index in [4.69, 9.17) is 11.6 Å². The van der Waals surface area contributed by atoms with Crippen molar-refractivity contribution in [2.45, 2.75) is 48.0 Å². The Morgan fingerprint density at radius 3 is 2.44 bits per heavy atom. The van der Waals surface area contributed by atoms with Gasteiger partial charge in [-0.2, -0.15) is 0 Å². The maximum Gasteiger partial charge on any atom is 0.0365 e. The summed E-state index contributed by atoms with van der Waals surface area (Å²) in [6, 6.07) is 12.2. The number of nitrogens with zero attached hydrogens (tertiary/aromatic N) is 1. The molecule has 0 saturated carbocycles. The minimum absolute atomic E-state index is 0.431. The number of hydrogen-bond acceptors (Lipinski definition) is 2. The molecule has 2 atom stereocenters. The minimum atomic E-state index is 0.431. The normalized spacial score (nSPS) is 31.7. The predicted octanol–water partition coefficient (Wildman–Crippen LogP) is 4.01. The lowest BCUT2D eigenvalue weighted by Crippen LogP contribution is -2.44. The van der Waals surface area contributed by atoms with Gasteiger partial charge in [0, 0.05) is 34.7 Å². The van der Waals surface area contributed by atoms with Gasteiger partial charge in [-0.05, 0) is 37.8 Å². The molecule has 0 radical (unpaired) electrons. The molecule has 2 aliphatic rings. The fourth-order valence-corrected chi connectivity index (χ4v) is 4.66. The molecular formula is C15H20ClNS. The molecule has 0 spiro atoms. The highest BCUT2D eigenvalue weighted by Crippen LogP contribution is 2.37. The summed E-state index contributed by atoms with van der Waals surface area (Å²) >= 11 is 8.28. The van der Waals surface area contributed by atoms with Crippen molar-refractivity contribution >= 4 is 23.4 Å². The number of piperidine rings is 1. The summed E-state index contributed by atoms with van der Waals surface area (Å²) in [6.45, 7) is 1.22. The van der Waals surface area contributed by atoms with Crippen LogP contribution in [0.25, 0.3) is 0 Å². The Bertz CT molecular complexity index is 369. The first-order chi connectivity index (χ1) is 8.83. The van der Waals surface area contributed by atoms with E-state index in [0.717, 1.165) is 12.1 Å². The standard InChI is InChI=1S/C15H20ClNS/c16-12-10-13-6-7-14(11-12)17(13)8-9-18-15-4-2-1-3-5-15/h1-5,12-14H,6-11H2. The molecule has 3 rings (SSSR count). The molecule has 0 aromatic heterocycles. The van der Waals surface area contributed by atoms with Crippen LogP contribution in [0.2, 0.25) is 0 Å². The lowest BCUT2D eigenvalue weighted by molar-refractivity contribution is 0.153. The second kappa shape index (κ2) is 5.85. The summed E-state index contributed by atoms with van der Waals surface area (Å²) in [4.78, 5) is 4.10. The largest absolute Gasteiger partial charge is 0.297 e. The molecule has 1 aromatic rings. The molecule has 3 heteroatoms. The summed E-state index contributed by atoms with van der Waals surface area (Å²) in [6.07, 6.45) is 5.13. The maximum absolute atomic E-state index is 6.31. The molecule has 18 heavy (non-hydrogen) atoms. The van der Waals surface area contributed by atoms with Crippen LogP contribution in [0, 0.1) is 0 Å². The topological polar surface area (TPSA) is 3.24 Å². The molecule has 2 fully saturated rings. The third kappa shape index (κ3) is 2.87. The summed E-state index contributed by atoms with van der Waals surface area (Å²) < 4.78 is 0. The van der Waals surface area contributed by atoms with Gasteiger partial charge in [-0.1, -0.05) is 18.2 Å². The van der Waals surface area contributed by atoms with Gasteiger partial charge in [0.25, 0.3) is 0 Å². The van der Waals surface area contributed by atoms with Crippen molar-refractivity contribution < 1.29 is 0 Å². The third-order valence-corrected chi connectivity index (χ3v) is 5.54. The molecule has 2 saturated heterocycles. The van der Waals surface area contributed by atoms with E-state index in [9.17, 15) is 0 Å². The molecule has 2 heterocycles. The molecule has 0 amide bonds. The van der Waals surface area contributed by atoms with Crippen LogP contribution < -0.4 is 0 Å². The average molecular weight is 282 g/mol. The van der Waals surface area contributed by atoms with Gasteiger partial charge in [-0.25, -0.2) is 0 Å². The highest BCUT2D eigenvalue weighted by molar-refractivity contribution is 7.99. The van der Waals surface area contributed by atoms with Crippen molar-refractivity contribution in [1.29, 1.82) is 0 Å². The summed E-state index contributed by atoms with van der Waals surface area (Å²) in [5.74, 6) is 1.20. The Hall–Kier alpha value is -0.180. The number of rotatable bonds is 4. The van der Waals surface area contributed by atoms with E-state index in [1.54, 1.807) is 0 Å². The monoisotopic (exact) mass is 281 g/mol. The van der Waals surface area contributed by atoms with Gasteiger partial charge in [0.15, 0.2) is 0 Å². The Labute approximate surface area is 119 Å². The van der Waals surface area contributed by atoms with Gasteiger partial charge >= 0.3 is 0 Å². The van der Waals surface area contributed by atoms with Gasteiger partial charge in [-0.15, -0.1) is 23.4 Å². The Kier molecular flexibility index (Phi) is 4.17. The molecule has 2 unspecified atom stereocenters. The number of thioether (sulfide) groups is 1. The molecular weight excluding hydrogens is 262 g/mol. The van der Waals surface area contributed by atoms with Crippen molar-refractivity contribution in [2.24, 2.45) is 0 Å². The first kappa shape index (κ1) is 12.8. The van der Waals surface area contributed by atoms with Gasteiger partial charge < -0.3 is 0 Å². The van der Waals surface area contributed by atoms with Crippen LogP contribution in [-0.4, -0.2) is 34.7 Å². The number of fused-ring (bicyclic) bond motifs is 2. The average Bonchev–Trinajstić information content (AvgIpc) is 2.63. The molecule has 2 aliphatic heterocycles. The van der Waals surface area contributed by atoms with E-state index in [1.807, 2.05) is 11.8 Å². The van der Waals surface area contributed by atoms with Crippen molar-refractivity contribution in [1.82, 2.24) is 4.90 Å². The van der Waals surface area contributed by atoms with Crippen LogP contribution in [0.5, 0.6) is 0 Å². The van der Waals surface area contributed by atoms with E-state index in [1.165, 1.54) is 42.9 Å². The van der Waals surface area contributed by atoms with E-state index in [2.05, 4.69) is 35.2 Å². The van der Waals surface area contributed by atoms with Crippen molar-refractivity contribution in [3.8, 4) is 0 Å². The highest BCUT2D eigenvalue weighted by Gasteiger charge is 2.39.